The second-order valence-corrected chi connectivity index (χ2v) is 8.51. The third kappa shape index (κ3) is 3.27. The summed E-state index contributed by atoms with van der Waals surface area (Å²) in [4.78, 5) is 26.4. The fourth-order valence-electron chi connectivity index (χ4n) is 2.85. The van der Waals surface area contributed by atoms with E-state index in [-0.39, 0.29) is 18.2 Å². The summed E-state index contributed by atoms with van der Waals surface area (Å²) in [5.74, 6) is -0.374. The lowest BCUT2D eigenvalue weighted by Crippen LogP contribution is -2.31. The van der Waals surface area contributed by atoms with Gasteiger partial charge in [-0.15, -0.1) is 10.2 Å². The van der Waals surface area contributed by atoms with Crippen LogP contribution in [0.4, 0.5) is 5.69 Å². The van der Waals surface area contributed by atoms with Gasteiger partial charge in [-0.05, 0) is 30.2 Å². The Morgan fingerprint density at radius 3 is 2.35 bits per heavy atom. The Morgan fingerprint density at radius 1 is 1.00 bits per heavy atom. The van der Waals surface area contributed by atoms with Crippen LogP contribution in [0.15, 0.2) is 58.9 Å². The molecule has 1 aliphatic rings. The fraction of sp³-hybridized carbons (Fsp3) is 0.158. The van der Waals surface area contributed by atoms with Crippen molar-refractivity contribution in [3.8, 4) is 11.1 Å². The van der Waals surface area contributed by atoms with Gasteiger partial charge in [0, 0.05) is 6.42 Å². The molecule has 0 aliphatic carbocycles. The molecule has 5 nitrogen and oxygen atoms in total. The van der Waals surface area contributed by atoms with Crippen molar-refractivity contribution in [1.82, 2.24) is 10.2 Å². The summed E-state index contributed by atoms with van der Waals surface area (Å²) in [6.45, 7) is 1.87. The Labute approximate surface area is 159 Å². The number of carbonyl (C=O) groups excluding carboxylic acids is 2. The number of benzene rings is 2. The number of anilines is 1. The van der Waals surface area contributed by atoms with Gasteiger partial charge in [-0.1, -0.05) is 65.6 Å². The van der Waals surface area contributed by atoms with Gasteiger partial charge in [0.05, 0.1) is 5.69 Å². The van der Waals surface area contributed by atoms with Crippen LogP contribution in [0, 0.1) is 6.92 Å². The number of aromatic nitrogens is 2. The Balaban J connectivity index is 1.53. The Kier molecular flexibility index (Phi) is 4.57. The molecule has 1 saturated heterocycles. The Morgan fingerprint density at radius 2 is 1.69 bits per heavy atom. The standard InChI is InChI=1S/C19H15N3O2S2/c1-12-20-21-19(25-12)26-16-11-17(23)22(18(16)24)15-9-7-14(8-10-15)13-5-3-2-4-6-13/h2-10,16H,11H2,1H3/t16-/m1/s1. The minimum atomic E-state index is -0.441. The van der Waals surface area contributed by atoms with Crippen LogP contribution in [0.25, 0.3) is 11.1 Å². The number of amides is 2. The van der Waals surface area contributed by atoms with E-state index < -0.39 is 5.25 Å². The first-order valence-corrected chi connectivity index (χ1v) is 9.80. The zero-order valence-electron chi connectivity index (χ0n) is 14.0. The molecule has 2 heterocycles. The first-order chi connectivity index (χ1) is 12.6. The normalized spacial score (nSPS) is 17.1. The van der Waals surface area contributed by atoms with Crippen molar-refractivity contribution in [3.05, 3.63) is 59.6 Å². The molecule has 1 fully saturated rings. The maximum Gasteiger partial charge on any atom is 0.247 e. The zero-order valence-corrected chi connectivity index (χ0v) is 15.6. The number of nitrogens with zero attached hydrogens (tertiary/aromatic N) is 3. The van der Waals surface area contributed by atoms with Crippen LogP contribution in [-0.2, 0) is 9.59 Å². The van der Waals surface area contributed by atoms with Crippen LogP contribution < -0.4 is 4.90 Å². The average molecular weight is 381 g/mol. The van der Waals surface area contributed by atoms with Crippen molar-refractivity contribution in [2.45, 2.75) is 22.9 Å². The highest BCUT2D eigenvalue weighted by Crippen LogP contribution is 2.35. The molecule has 26 heavy (non-hydrogen) atoms. The van der Waals surface area contributed by atoms with Gasteiger partial charge >= 0.3 is 0 Å². The lowest BCUT2D eigenvalue weighted by molar-refractivity contribution is -0.121. The van der Waals surface area contributed by atoms with Gasteiger partial charge in [0.25, 0.3) is 0 Å². The summed E-state index contributed by atoms with van der Waals surface area (Å²) in [5.41, 5.74) is 2.75. The van der Waals surface area contributed by atoms with E-state index in [9.17, 15) is 9.59 Å². The van der Waals surface area contributed by atoms with Gasteiger partial charge in [-0.3, -0.25) is 9.59 Å². The Bertz CT molecular complexity index is 954. The third-order valence-electron chi connectivity index (χ3n) is 4.09. The van der Waals surface area contributed by atoms with Crippen molar-refractivity contribution in [2.75, 3.05) is 4.90 Å². The van der Waals surface area contributed by atoms with E-state index in [1.165, 1.54) is 28.0 Å². The molecule has 0 unspecified atom stereocenters. The van der Waals surface area contributed by atoms with Crippen LogP contribution in [0.2, 0.25) is 0 Å². The summed E-state index contributed by atoms with van der Waals surface area (Å²) in [7, 11) is 0. The highest BCUT2D eigenvalue weighted by molar-refractivity contribution is 8.02. The molecule has 1 aliphatic heterocycles. The quantitative estimate of drug-likeness (QED) is 0.641. The summed E-state index contributed by atoms with van der Waals surface area (Å²) < 4.78 is 0.718. The summed E-state index contributed by atoms with van der Waals surface area (Å²) in [6.07, 6.45) is 0.183. The average Bonchev–Trinajstić information content (AvgIpc) is 3.19. The SMILES string of the molecule is Cc1nnc(S[C@@H]2CC(=O)N(c3ccc(-c4ccccc4)cc3)C2=O)s1. The molecule has 0 saturated carbocycles. The molecule has 0 spiro atoms. The number of hydrogen-bond acceptors (Lipinski definition) is 6. The topological polar surface area (TPSA) is 63.2 Å². The molecule has 2 amide bonds. The van der Waals surface area contributed by atoms with Crippen LogP contribution >= 0.6 is 23.1 Å². The van der Waals surface area contributed by atoms with Gasteiger partial charge in [0.1, 0.15) is 10.3 Å². The van der Waals surface area contributed by atoms with E-state index in [1.807, 2.05) is 61.5 Å². The summed E-state index contributed by atoms with van der Waals surface area (Å²) in [5, 5.41) is 8.39. The van der Waals surface area contributed by atoms with Gasteiger partial charge in [0.2, 0.25) is 11.8 Å². The van der Waals surface area contributed by atoms with Crippen LogP contribution in [0.3, 0.4) is 0 Å². The summed E-state index contributed by atoms with van der Waals surface area (Å²) in [6, 6.07) is 17.5. The molecular formula is C19H15N3O2S2. The van der Waals surface area contributed by atoms with Gasteiger partial charge in [-0.25, -0.2) is 4.90 Å². The maximum atomic E-state index is 12.7. The number of aryl methyl sites for hydroxylation is 1. The predicted molar refractivity (Wildman–Crippen MR) is 103 cm³/mol. The zero-order chi connectivity index (χ0) is 18.1. The summed E-state index contributed by atoms with van der Waals surface area (Å²) >= 11 is 2.75. The molecule has 1 aromatic heterocycles. The van der Waals surface area contributed by atoms with E-state index in [2.05, 4.69) is 10.2 Å². The molecule has 130 valence electrons. The molecule has 0 radical (unpaired) electrons. The molecule has 4 rings (SSSR count). The second kappa shape index (κ2) is 7.01. The van der Waals surface area contributed by atoms with Crippen molar-refractivity contribution in [1.29, 1.82) is 0 Å². The number of thioether (sulfide) groups is 1. The molecule has 1 atom stereocenters. The first kappa shape index (κ1) is 16.9. The fourth-order valence-corrected chi connectivity index (χ4v) is 4.93. The minimum Gasteiger partial charge on any atom is -0.274 e. The molecule has 3 aromatic rings. The predicted octanol–water partition coefficient (Wildman–Crippen LogP) is 3.94. The highest BCUT2D eigenvalue weighted by Gasteiger charge is 2.40. The monoisotopic (exact) mass is 381 g/mol. The lowest BCUT2D eigenvalue weighted by atomic mass is 10.1. The Hall–Kier alpha value is -2.51. The van der Waals surface area contributed by atoms with Gasteiger partial charge in [0.15, 0.2) is 4.34 Å². The largest absolute Gasteiger partial charge is 0.274 e. The molecule has 7 heteroatoms. The van der Waals surface area contributed by atoms with Crippen LogP contribution in [0.1, 0.15) is 11.4 Å². The maximum absolute atomic E-state index is 12.7. The van der Waals surface area contributed by atoms with Crippen molar-refractivity contribution < 1.29 is 9.59 Å². The number of carbonyl (C=O) groups is 2. The van der Waals surface area contributed by atoms with Crippen molar-refractivity contribution >= 4 is 40.6 Å². The van der Waals surface area contributed by atoms with Crippen LogP contribution in [0.5, 0.6) is 0 Å². The van der Waals surface area contributed by atoms with Gasteiger partial charge in [-0.2, -0.15) is 0 Å². The van der Waals surface area contributed by atoms with E-state index in [0.717, 1.165) is 20.5 Å². The number of imide groups is 1. The number of hydrogen-bond donors (Lipinski definition) is 0. The smallest absolute Gasteiger partial charge is 0.247 e. The van der Waals surface area contributed by atoms with E-state index >= 15 is 0 Å². The van der Waals surface area contributed by atoms with E-state index in [4.69, 9.17) is 0 Å². The minimum absolute atomic E-state index is 0.179. The van der Waals surface area contributed by atoms with Crippen LogP contribution in [-0.4, -0.2) is 27.3 Å². The van der Waals surface area contributed by atoms with Gasteiger partial charge < -0.3 is 0 Å². The van der Waals surface area contributed by atoms with Crippen molar-refractivity contribution in [3.63, 3.8) is 0 Å². The first-order valence-electron chi connectivity index (χ1n) is 8.11. The van der Waals surface area contributed by atoms with E-state index in [1.54, 1.807) is 0 Å². The molecular weight excluding hydrogens is 366 g/mol. The highest BCUT2D eigenvalue weighted by atomic mass is 32.2. The lowest BCUT2D eigenvalue weighted by Gasteiger charge is -2.15. The number of rotatable bonds is 4. The third-order valence-corrected chi connectivity index (χ3v) is 6.20. The van der Waals surface area contributed by atoms with Crippen molar-refractivity contribution in [2.24, 2.45) is 0 Å². The molecule has 2 aromatic carbocycles. The van der Waals surface area contributed by atoms with E-state index in [0.29, 0.717) is 5.69 Å². The molecule has 0 N–H and O–H groups in total. The second-order valence-electron chi connectivity index (χ2n) is 5.88. The molecule has 0 bridgehead atoms.